The molecule has 4 rings (SSSR count). The van der Waals surface area contributed by atoms with Crippen molar-refractivity contribution in [3.05, 3.63) is 99.7 Å². The fourth-order valence-electron chi connectivity index (χ4n) is 3.39. The first-order chi connectivity index (χ1) is 16.7. The van der Waals surface area contributed by atoms with Crippen LogP contribution < -0.4 is 10.1 Å². The lowest BCUT2D eigenvalue weighted by molar-refractivity contribution is -0.137. The molecule has 0 radical (unpaired) electrons. The van der Waals surface area contributed by atoms with Gasteiger partial charge in [0, 0.05) is 12.1 Å². The van der Waals surface area contributed by atoms with Crippen LogP contribution in [0.2, 0.25) is 10.0 Å². The zero-order valence-electron chi connectivity index (χ0n) is 18.2. The van der Waals surface area contributed by atoms with Gasteiger partial charge < -0.3 is 10.1 Å². The van der Waals surface area contributed by atoms with Crippen LogP contribution in [-0.4, -0.2) is 22.8 Å². The minimum absolute atomic E-state index is 0.104. The number of nitrogens with zero attached hydrogens (tertiary/aromatic N) is 2. The summed E-state index contributed by atoms with van der Waals surface area (Å²) in [6.07, 6.45) is -4.47. The van der Waals surface area contributed by atoms with Gasteiger partial charge in [0.2, 0.25) is 0 Å². The molecule has 1 amide bonds. The van der Waals surface area contributed by atoms with E-state index in [1.807, 2.05) is 0 Å². The molecule has 0 aliphatic carbocycles. The molecule has 10 heteroatoms. The second kappa shape index (κ2) is 10.0. The summed E-state index contributed by atoms with van der Waals surface area (Å²) in [5.74, 6) is 0.137. The molecule has 35 heavy (non-hydrogen) atoms. The highest BCUT2D eigenvalue weighted by molar-refractivity contribution is 6.42. The van der Waals surface area contributed by atoms with Crippen molar-refractivity contribution >= 4 is 29.1 Å². The van der Waals surface area contributed by atoms with Crippen LogP contribution >= 0.6 is 23.2 Å². The third-order valence-corrected chi connectivity index (χ3v) is 5.92. The zero-order valence-corrected chi connectivity index (χ0v) is 19.7. The number of hydrogen-bond acceptors (Lipinski definition) is 3. The van der Waals surface area contributed by atoms with Gasteiger partial charge in [0.15, 0.2) is 0 Å². The van der Waals surface area contributed by atoms with Crippen LogP contribution in [0.4, 0.5) is 13.2 Å². The van der Waals surface area contributed by atoms with Gasteiger partial charge in [-0.15, -0.1) is 0 Å². The number of ether oxygens (including phenoxy) is 1. The zero-order chi connectivity index (χ0) is 25.2. The average Bonchev–Trinajstić information content (AvgIpc) is 3.29. The molecule has 0 unspecified atom stereocenters. The summed E-state index contributed by atoms with van der Waals surface area (Å²) < 4.78 is 45.6. The van der Waals surface area contributed by atoms with Crippen molar-refractivity contribution in [3.63, 3.8) is 0 Å². The van der Waals surface area contributed by atoms with E-state index in [4.69, 9.17) is 27.9 Å². The van der Waals surface area contributed by atoms with Crippen LogP contribution in [0.3, 0.4) is 0 Å². The van der Waals surface area contributed by atoms with E-state index in [1.165, 1.54) is 16.8 Å². The van der Waals surface area contributed by atoms with Crippen LogP contribution in [0, 0.1) is 0 Å². The molecule has 0 aliphatic rings. The van der Waals surface area contributed by atoms with Gasteiger partial charge in [-0.3, -0.25) is 4.79 Å². The Balaban J connectivity index is 1.67. The smallest absolute Gasteiger partial charge is 0.416 e. The van der Waals surface area contributed by atoms with Crippen molar-refractivity contribution in [2.75, 3.05) is 7.11 Å². The number of benzene rings is 3. The maximum atomic E-state index is 13.1. The van der Waals surface area contributed by atoms with Crippen LogP contribution in [0.25, 0.3) is 16.9 Å². The fraction of sp³-hybridized carbons (Fsp3) is 0.120. The molecular formula is C25H18Cl2F3N3O2. The van der Waals surface area contributed by atoms with E-state index in [1.54, 1.807) is 55.6 Å². The normalized spacial score (nSPS) is 11.4. The SMILES string of the molecule is COc1ccc(-c2cc(C(=O)NCc3cccc(C(F)(F)F)c3)n(-c3ccc(Cl)c(Cl)c3)n2)cc1. The minimum Gasteiger partial charge on any atom is -0.497 e. The number of alkyl halides is 3. The van der Waals surface area contributed by atoms with E-state index in [-0.39, 0.29) is 17.3 Å². The van der Waals surface area contributed by atoms with Crippen LogP contribution in [0.15, 0.2) is 72.8 Å². The van der Waals surface area contributed by atoms with Gasteiger partial charge in [-0.2, -0.15) is 18.3 Å². The molecule has 3 aromatic carbocycles. The molecule has 0 bridgehead atoms. The Morgan fingerprint density at radius 1 is 1.00 bits per heavy atom. The van der Waals surface area contributed by atoms with Gasteiger partial charge in [-0.25, -0.2) is 4.68 Å². The summed E-state index contributed by atoms with van der Waals surface area (Å²) >= 11 is 12.2. The summed E-state index contributed by atoms with van der Waals surface area (Å²) in [5, 5.41) is 7.85. The summed E-state index contributed by atoms with van der Waals surface area (Å²) in [6.45, 7) is -0.104. The van der Waals surface area contributed by atoms with Crippen molar-refractivity contribution in [1.29, 1.82) is 0 Å². The quantitative estimate of drug-likeness (QED) is 0.304. The Morgan fingerprint density at radius 2 is 1.74 bits per heavy atom. The molecular weight excluding hydrogens is 502 g/mol. The van der Waals surface area contributed by atoms with Crippen molar-refractivity contribution in [1.82, 2.24) is 15.1 Å². The molecule has 0 spiro atoms. The molecule has 4 aromatic rings. The molecule has 1 aromatic heterocycles. The number of aromatic nitrogens is 2. The van der Waals surface area contributed by atoms with Gasteiger partial charge in [0.25, 0.3) is 5.91 Å². The van der Waals surface area contributed by atoms with Crippen molar-refractivity contribution in [3.8, 4) is 22.7 Å². The molecule has 5 nitrogen and oxygen atoms in total. The van der Waals surface area contributed by atoms with Crippen LogP contribution in [0.5, 0.6) is 5.75 Å². The Bertz CT molecular complexity index is 1370. The predicted octanol–water partition coefficient (Wildman–Crippen LogP) is 6.80. The number of amides is 1. The molecule has 0 fully saturated rings. The molecule has 1 N–H and O–H groups in total. The Labute approximate surface area is 209 Å². The third kappa shape index (κ3) is 5.61. The molecule has 1 heterocycles. The number of methoxy groups -OCH3 is 1. The monoisotopic (exact) mass is 519 g/mol. The van der Waals surface area contributed by atoms with Crippen LogP contribution in [-0.2, 0) is 12.7 Å². The number of nitrogens with one attached hydrogen (secondary N) is 1. The second-order valence-electron chi connectivity index (χ2n) is 7.53. The lowest BCUT2D eigenvalue weighted by atomic mass is 10.1. The molecule has 180 valence electrons. The minimum atomic E-state index is -4.47. The van der Waals surface area contributed by atoms with Crippen LogP contribution in [0.1, 0.15) is 21.6 Å². The number of hydrogen-bond donors (Lipinski definition) is 1. The van der Waals surface area contributed by atoms with E-state index in [9.17, 15) is 18.0 Å². The Hall–Kier alpha value is -3.49. The van der Waals surface area contributed by atoms with Gasteiger partial charge in [-0.1, -0.05) is 35.3 Å². The predicted molar refractivity (Wildman–Crippen MR) is 128 cm³/mol. The van der Waals surface area contributed by atoms with Gasteiger partial charge in [0.05, 0.1) is 34.1 Å². The highest BCUT2D eigenvalue weighted by Crippen LogP contribution is 2.30. The maximum Gasteiger partial charge on any atom is 0.416 e. The van der Waals surface area contributed by atoms with Gasteiger partial charge in [-0.05, 0) is 66.2 Å². The van der Waals surface area contributed by atoms with Crippen molar-refractivity contribution in [2.24, 2.45) is 0 Å². The molecule has 0 saturated carbocycles. The van der Waals surface area contributed by atoms with E-state index in [0.29, 0.717) is 27.7 Å². The highest BCUT2D eigenvalue weighted by Gasteiger charge is 2.30. The maximum absolute atomic E-state index is 13.1. The fourth-order valence-corrected chi connectivity index (χ4v) is 3.68. The summed E-state index contributed by atoms with van der Waals surface area (Å²) in [6, 6.07) is 18.3. The average molecular weight is 520 g/mol. The number of rotatable bonds is 6. The van der Waals surface area contributed by atoms with E-state index >= 15 is 0 Å². The van der Waals surface area contributed by atoms with E-state index < -0.39 is 17.6 Å². The molecule has 0 aliphatic heterocycles. The lowest BCUT2D eigenvalue weighted by Gasteiger charge is -2.11. The summed E-state index contributed by atoms with van der Waals surface area (Å²) in [5.41, 5.74) is 1.42. The Morgan fingerprint density at radius 3 is 2.40 bits per heavy atom. The molecule has 0 atom stereocenters. The summed E-state index contributed by atoms with van der Waals surface area (Å²) in [7, 11) is 1.56. The second-order valence-corrected chi connectivity index (χ2v) is 8.35. The molecule has 0 saturated heterocycles. The van der Waals surface area contributed by atoms with Crippen molar-refractivity contribution in [2.45, 2.75) is 12.7 Å². The third-order valence-electron chi connectivity index (χ3n) is 5.18. The first-order valence-electron chi connectivity index (χ1n) is 10.3. The highest BCUT2D eigenvalue weighted by atomic mass is 35.5. The van der Waals surface area contributed by atoms with Crippen molar-refractivity contribution < 1.29 is 22.7 Å². The Kier molecular flexibility index (Phi) is 7.05. The largest absolute Gasteiger partial charge is 0.497 e. The topological polar surface area (TPSA) is 56.1 Å². The number of carbonyl (C=O) groups excluding carboxylic acids is 1. The summed E-state index contributed by atoms with van der Waals surface area (Å²) in [4.78, 5) is 13.1. The van der Waals surface area contributed by atoms with Gasteiger partial charge in [0.1, 0.15) is 11.4 Å². The number of halogens is 5. The van der Waals surface area contributed by atoms with E-state index in [0.717, 1.165) is 17.7 Å². The first-order valence-corrected chi connectivity index (χ1v) is 11.1. The lowest BCUT2D eigenvalue weighted by Crippen LogP contribution is -2.25. The first kappa shape index (κ1) is 24.6. The number of carbonyl (C=O) groups is 1. The van der Waals surface area contributed by atoms with Gasteiger partial charge >= 0.3 is 6.18 Å². The van der Waals surface area contributed by atoms with E-state index in [2.05, 4.69) is 10.4 Å². The standard InChI is InChI=1S/C25H18Cl2F3N3O2/c1-35-19-8-5-16(6-9-19)22-13-23(33(32-22)18-7-10-20(26)21(27)12-18)24(34)31-14-15-3-2-4-17(11-15)25(28,29)30/h2-13H,14H2,1H3,(H,31,34).